The van der Waals surface area contributed by atoms with E-state index in [-0.39, 0.29) is 11.9 Å². The van der Waals surface area contributed by atoms with Crippen LogP contribution >= 0.6 is 0 Å². The van der Waals surface area contributed by atoms with Crippen molar-refractivity contribution in [2.24, 2.45) is 0 Å². The third-order valence-corrected chi connectivity index (χ3v) is 4.83. The zero-order chi connectivity index (χ0) is 20.2. The first kappa shape index (κ1) is 22.2. The number of hydrogen-bond acceptors (Lipinski definition) is 4. The van der Waals surface area contributed by atoms with E-state index in [0.717, 1.165) is 25.4 Å². The normalized spacial score (nSPS) is 12.4. The average molecular weight is 389 g/mol. The number of unbranched alkanes of at least 4 members (excludes halogenated alkanes) is 4. The maximum absolute atomic E-state index is 12.5. The molecule has 6 nitrogen and oxygen atoms in total. The second-order valence-electron chi connectivity index (χ2n) is 7.56. The molecule has 0 saturated carbocycles. The van der Waals surface area contributed by atoms with Gasteiger partial charge in [-0.15, -0.1) is 0 Å². The van der Waals surface area contributed by atoms with Crippen LogP contribution in [0.4, 0.5) is 0 Å². The second kappa shape index (κ2) is 12.4. The summed E-state index contributed by atoms with van der Waals surface area (Å²) in [6.07, 6.45) is 11.0. The monoisotopic (exact) mass is 388 g/mol. The van der Waals surface area contributed by atoms with Gasteiger partial charge >= 0.3 is 0 Å². The van der Waals surface area contributed by atoms with Gasteiger partial charge in [-0.25, -0.2) is 0 Å². The molecule has 2 heterocycles. The Hall–Kier alpha value is -2.08. The van der Waals surface area contributed by atoms with Crippen LogP contribution in [0.25, 0.3) is 0 Å². The number of nitrogens with one attached hydrogen (secondary N) is 1. The van der Waals surface area contributed by atoms with E-state index in [4.69, 9.17) is 4.42 Å². The van der Waals surface area contributed by atoms with Gasteiger partial charge in [0.1, 0.15) is 5.76 Å². The molecule has 1 unspecified atom stereocenters. The molecular formula is C22H36N4O2. The van der Waals surface area contributed by atoms with Crippen molar-refractivity contribution in [3.8, 4) is 0 Å². The maximum Gasteiger partial charge on any atom is 0.287 e. The smallest absolute Gasteiger partial charge is 0.287 e. The van der Waals surface area contributed by atoms with Crippen molar-refractivity contribution in [1.82, 2.24) is 20.0 Å². The number of carbonyl (C=O) groups is 1. The fourth-order valence-electron chi connectivity index (χ4n) is 3.33. The fourth-order valence-corrected chi connectivity index (χ4v) is 3.33. The molecule has 28 heavy (non-hydrogen) atoms. The summed E-state index contributed by atoms with van der Waals surface area (Å²) in [7, 11) is 0. The van der Waals surface area contributed by atoms with Gasteiger partial charge in [0.15, 0.2) is 5.76 Å². The molecule has 1 amide bonds. The molecule has 2 rings (SSSR count). The highest BCUT2D eigenvalue weighted by Crippen LogP contribution is 2.10. The van der Waals surface area contributed by atoms with Gasteiger partial charge in [-0.05, 0) is 51.1 Å². The Morgan fingerprint density at radius 3 is 2.50 bits per heavy atom. The van der Waals surface area contributed by atoms with Gasteiger partial charge in [0, 0.05) is 25.0 Å². The first-order chi connectivity index (χ1) is 13.6. The summed E-state index contributed by atoms with van der Waals surface area (Å²) >= 11 is 0. The largest absolute Gasteiger partial charge is 0.454 e. The van der Waals surface area contributed by atoms with Crippen LogP contribution in [-0.2, 0) is 6.54 Å². The minimum Gasteiger partial charge on any atom is -0.454 e. The molecule has 156 valence electrons. The van der Waals surface area contributed by atoms with Crippen molar-refractivity contribution in [2.75, 3.05) is 19.6 Å². The number of rotatable bonds is 14. The number of nitrogens with zero attached hydrogens (tertiary/aromatic N) is 3. The molecule has 0 bridgehead atoms. The van der Waals surface area contributed by atoms with Crippen LogP contribution in [0.5, 0.6) is 0 Å². The predicted octanol–water partition coefficient (Wildman–Crippen LogP) is 4.33. The Labute approximate surface area is 169 Å². The molecule has 0 spiro atoms. The summed E-state index contributed by atoms with van der Waals surface area (Å²) in [4.78, 5) is 15.0. The summed E-state index contributed by atoms with van der Waals surface area (Å²) < 4.78 is 7.47. The molecule has 0 saturated heterocycles. The molecule has 0 aromatic carbocycles. The molecule has 1 atom stereocenters. The first-order valence-electron chi connectivity index (χ1n) is 10.7. The summed E-state index contributed by atoms with van der Waals surface area (Å²) in [6, 6.07) is 5.52. The van der Waals surface area contributed by atoms with Crippen LogP contribution in [0, 0.1) is 0 Å². The lowest BCUT2D eigenvalue weighted by Gasteiger charge is -2.26. The number of hydrogen-bond donors (Lipinski definition) is 1. The Morgan fingerprint density at radius 1 is 1.18 bits per heavy atom. The maximum atomic E-state index is 12.5. The van der Waals surface area contributed by atoms with E-state index in [1.165, 1.54) is 38.5 Å². The lowest BCUT2D eigenvalue weighted by Crippen LogP contribution is -2.42. The molecule has 0 aliphatic rings. The van der Waals surface area contributed by atoms with E-state index in [1.54, 1.807) is 16.9 Å². The zero-order valence-corrected chi connectivity index (χ0v) is 17.7. The SMILES string of the molecule is CCCCCN(CCCCC)CC(C)NC(=O)c1ccc(Cn2cccn2)o1. The van der Waals surface area contributed by atoms with E-state index >= 15 is 0 Å². The Bertz CT molecular complexity index is 656. The van der Waals surface area contributed by atoms with Crippen LogP contribution in [0.15, 0.2) is 35.0 Å². The highest BCUT2D eigenvalue weighted by atomic mass is 16.4. The van der Waals surface area contributed by atoms with Gasteiger partial charge in [0.2, 0.25) is 0 Å². The van der Waals surface area contributed by atoms with E-state index in [9.17, 15) is 4.79 Å². The first-order valence-corrected chi connectivity index (χ1v) is 10.7. The van der Waals surface area contributed by atoms with Crippen LogP contribution < -0.4 is 5.32 Å². The third-order valence-electron chi connectivity index (χ3n) is 4.83. The molecule has 1 N–H and O–H groups in total. The minimum atomic E-state index is -0.152. The van der Waals surface area contributed by atoms with E-state index in [1.807, 2.05) is 18.3 Å². The Kier molecular flexibility index (Phi) is 9.83. The standard InChI is InChI=1S/C22H36N4O2/c1-4-6-8-14-25(15-9-7-5-2)17-19(3)24-22(27)21-12-11-20(28-21)18-26-16-10-13-23-26/h10-13,16,19H,4-9,14-15,17-18H2,1-3H3,(H,24,27). The van der Waals surface area contributed by atoms with E-state index < -0.39 is 0 Å². The minimum absolute atomic E-state index is 0.0791. The third kappa shape index (κ3) is 7.89. The molecule has 0 radical (unpaired) electrons. The number of aromatic nitrogens is 2. The second-order valence-corrected chi connectivity index (χ2v) is 7.56. The lowest BCUT2D eigenvalue weighted by molar-refractivity contribution is 0.0898. The highest BCUT2D eigenvalue weighted by Gasteiger charge is 2.16. The number of carbonyl (C=O) groups excluding carboxylic acids is 1. The average Bonchev–Trinajstić information content (AvgIpc) is 3.34. The van der Waals surface area contributed by atoms with Crippen molar-refractivity contribution in [1.29, 1.82) is 0 Å². The molecule has 2 aromatic rings. The van der Waals surface area contributed by atoms with Crippen molar-refractivity contribution in [3.05, 3.63) is 42.1 Å². The highest BCUT2D eigenvalue weighted by molar-refractivity contribution is 5.91. The summed E-state index contributed by atoms with van der Waals surface area (Å²) in [5, 5.41) is 7.24. The molecule has 0 fully saturated rings. The van der Waals surface area contributed by atoms with Crippen LogP contribution in [0.3, 0.4) is 0 Å². The van der Waals surface area contributed by atoms with Gasteiger partial charge in [-0.3, -0.25) is 9.48 Å². The summed E-state index contributed by atoms with van der Waals surface area (Å²) in [6.45, 7) is 10.1. The molecule has 2 aromatic heterocycles. The van der Waals surface area contributed by atoms with Gasteiger partial charge in [-0.1, -0.05) is 39.5 Å². The Morgan fingerprint density at radius 2 is 1.89 bits per heavy atom. The molecule has 6 heteroatoms. The van der Waals surface area contributed by atoms with Gasteiger partial charge < -0.3 is 14.6 Å². The number of amides is 1. The van der Waals surface area contributed by atoms with Crippen LogP contribution in [-0.4, -0.2) is 46.3 Å². The molecular weight excluding hydrogens is 352 g/mol. The van der Waals surface area contributed by atoms with E-state index in [2.05, 4.69) is 36.1 Å². The van der Waals surface area contributed by atoms with Crippen molar-refractivity contribution in [3.63, 3.8) is 0 Å². The van der Waals surface area contributed by atoms with Gasteiger partial charge in [0.05, 0.1) is 6.54 Å². The molecule has 0 aliphatic carbocycles. The van der Waals surface area contributed by atoms with E-state index in [0.29, 0.717) is 12.3 Å². The van der Waals surface area contributed by atoms with Crippen LogP contribution in [0.1, 0.15) is 75.6 Å². The van der Waals surface area contributed by atoms with Gasteiger partial charge in [-0.2, -0.15) is 5.10 Å². The lowest BCUT2D eigenvalue weighted by atomic mass is 10.2. The van der Waals surface area contributed by atoms with Crippen molar-refractivity contribution >= 4 is 5.91 Å². The van der Waals surface area contributed by atoms with Crippen molar-refractivity contribution < 1.29 is 9.21 Å². The van der Waals surface area contributed by atoms with Crippen molar-refractivity contribution in [2.45, 2.75) is 71.9 Å². The number of furan rings is 1. The topological polar surface area (TPSA) is 63.3 Å². The molecule has 0 aliphatic heterocycles. The fraction of sp³-hybridized carbons (Fsp3) is 0.636. The quantitative estimate of drug-likeness (QED) is 0.489. The zero-order valence-electron chi connectivity index (χ0n) is 17.7. The Balaban J connectivity index is 1.82. The van der Waals surface area contributed by atoms with Gasteiger partial charge in [0.25, 0.3) is 5.91 Å². The van der Waals surface area contributed by atoms with Crippen LogP contribution in [0.2, 0.25) is 0 Å². The predicted molar refractivity (Wildman–Crippen MR) is 112 cm³/mol. The summed E-state index contributed by atoms with van der Waals surface area (Å²) in [5.41, 5.74) is 0. The summed E-state index contributed by atoms with van der Waals surface area (Å²) in [5.74, 6) is 0.932.